The van der Waals surface area contributed by atoms with Gasteiger partial charge in [-0.3, -0.25) is 4.79 Å². The number of nitrogens with one attached hydrogen (secondary N) is 2. The third kappa shape index (κ3) is 5.76. The van der Waals surface area contributed by atoms with Gasteiger partial charge in [0.2, 0.25) is 0 Å². The van der Waals surface area contributed by atoms with Crippen LogP contribution in [0.1, 0.15) is 15.9 Å². The Morgan fingerprint density at radius 2 is 2.00 bits per heavy atom. The summed E-state index contributed by atoms with van der Waals surface area (Å²) in [5, 5.41) is 5.35. The van der Waals surface area contributed by atoms with Crippen molar-refractivity contribution in [3.63, 3.8) is 0 Å². The molecule has 168 valence electrons. The second-order valence-electron chi connectivity index (χ2n) is 7.04. The van der Waals surface area contributed by atoms with Gasteiger partial charge in [0.1, 0.15) is 11.5 Å². The summed E-state index contributed by atoms with van der Waals surface area (Å²) in [5.74, 6) is 3.21. The molecule has 1 aliphatic rings. The molecule has 1 saturated heterocycles. The molecule has 0 radical (unpaired) electrons. The fourth-order valence-corrected chi connectivity index (χ4v) is 6.78. The Bertz CT molecular complexity index is 1230. The number of para-hydroxylation sites is 2. The van der Waals surface area contributed by atoms with Crippen molar-refractivity contribution in [1.82, 2.24) is 15.4 Å². The van der Waals surface area contributed by atoms with Gasteiger partial charge in [0, 0.05) is 11.5 Å². The number of hydrogen-bond acceptors (Lipinski definition) is 8. The van der Waals surface area contributed by atoms with E-state index in [0.29, 0.717) is 21.2 Å². The van der Waals surface area contributed by atoms with Gasteiger partial charge in [-0.05, 0) is 53.7 Å². The number of thioether (sulfide) groups is 2. The summed E-state index contributed by atoms with van der Waals surface area (Å²) in [6, 6.07) is 19.3. The highest BCUT2D eigenvalue weighted by atomic mass is 32.2. The average molecular weight is 497 g/mol. The van der Waals surface area contributed by atoms with Crippen molar-refractivity contribution in [1.29, 1.82) is 0 Å². The lowest BCUT2D eigenvalue weighted by molar-refractivity contribution is -0.123. The number of carbonyl (C=O) groups excluding carboxylic acids is 1. The van der Waals surface area contributed by atoms with Crippen molar-refractivity contribution < 1.29 is 13.9 Å². The van der Waals surface area contributed by atoms with E-state index < -0.39 is 0 Å². The summed E-state index contributed by atoms with van der Waals surface area (Å²) in [5.41, 5.74) is 5.60. The predicted octanol–water partition coefficient (Wildman–Crippen LogP) is 5.31. The zero-order chi connectivity index (χ0) is 22.5. The van der Waals surface area contributed by atoms with Crippen LogP contribution in [0.4, 0.5) is 0 Å². The van der Waals surface area contributed by atoms with Gasteiger partial charge in [-0.1, -0.05) is 24.3 Å². The zero-order valence-corrected chi connectivity index (χ0v) is 19.8. The van der Waals surface area contributed by atoms with Crippen molar-refractivity contribution in [3.05, 3.63) is 72.0 Å². The first kappa shape index (κ1) is 22.0. The molecule has 2 N–H and O–H groups in total. The summed E-state index contributed by atoms with van der Waals surface area (Å²) < 4.78 is 11.8. The molecule has 0 atom stereocenters. The molecule has 0 bridgehead atoms. The molecule has 1 fully saturated rings. The normalized spacial score (nSPS) is 14.3. The number of nitrogens with zero attached hydrogens (tertiary/aromatic N) is 2. The molecule has 5 rings (SSSR count). The first-order valence-corrected chi connectivity index (χ1v) is 13.1. The van der Waals surface area contributed by atoms with Crippen LogP contribution in [0, 0.1) is 0 Å². The highest BCUT2D eigenvalue weighted by Gasteiger charge is 2.18. The molecule has 0 saturated carbocycles. The summed E-state index contributed by atoms with van der Waals surface area (Å²) in [4.78, 5) is 19.8. The number of aromatic nitrogens is 2. The molecule has 10 heteroatoms. The van der Waals surface area contributed by atoms with Crippen molar-refractivity contribution in [2.75, 3.05) is 18.1 Å². The number of fused-ring (bicyclic) bond motifs is 1. The molecule has 1 amide bonds. The Hall–Kier alpha value is -2.82. The second-order valence-corrected chi connectivity index (χ2v) is 10.8. The first-order valence-electron chi connectivity index (χ1n) is 10.2. The third-order valence-corrected chi connectivity index (χ3v) is 8.60. The number of carbonyl (C=O) groups is 1. The first-order chi connectivity index (χ1) is 16.2. The van der Waals surface area contributed by atoms with E-state index in [1.54, 1.807) is 6.07 Å². The summed E-state index contributed by atoms with van der Waals surface area (Å²) in [7, 11) is 0. The van der Waals surface area contributed by atoms with Crippen molar-refractivity contribution in [2.24, 2.45) is 5.10 Å². The van der Waals surface area contributed by atoms with Crippen molar-refractivity contribution >= 4 is 58.4 Å². The van der Waals surface area contributed by atoms with E-state index in [1.165, 1.54) is 35.0 Å². The Kier molecular flexibility index (Phi) is 6.94. The highest BCUT2D eigenvalue weighted by Crippen LogP contribution is 2.45. The number of furan rings is 1. The van der Waals surface area contributed by atoms with Gasteiger partial charge in [-0.25, -0.2) is 10.4 Å². The fourth-order valence-electron chi connectivity index (χ4n) is 3.15. The number of ether oxygens (including phenoxy) is 1. The van der Waals surface area contributed by atoms with Crippen LogP contribution in [0.2, 0.25) is 0 Å². The molecule has 0 unspecified atom stereocenters. The van der Waals surface area contributed by atoms with Crippen molar-refractivity contribution in [3.8, 4) is 5.75 Å². The monoisotopic (exact) mass is 496 g/mol. The van der Waals surface area contributed by atoms with E-state index in [2.05, 4.69) is 32.6 Å². The lowest BCUT2D eigenvalue weighted by atomic mass is 10.2. The SMILES string of the molecule is O=C(COc1ccc(C2SCCS2)cc1)N/N=C\c1ccc(Sc2nc3ccccc3[nH]2)o1. The van der Waals surface area contributed by atoms with Gasteiger partial charge in [-0.15, -0.1) is 23.5 Å². The molecule has 0 aliphatic carbocycles. The maximum absolute atomic E-state index is 12.0. The average Bonchev–Trinajstić information content (AvgIpc) is 3.59. The van der Waals surface area contributed by atoms with Crippen LogP contribution < -0.4 is 10.2 Å². The van der Waals surface area contributed by atoms with E-state index in [0.717, 1.165) is 16.2 Å². The molecule has 1 aliphatic heterocycles. The Labute approximate surface area is 203 Å². The van der Waals surface area contributed by atoms with Gasteiger partial charge in [0.15, 0.2) is 16.9 Å². The Morgan fingerprint density at radius 3 is 2.82 bits per heavy atom. The van der Waals surface area contributed by atoms with Gasteiger partial charge in [-0.2, -0.15) is 5.10 Å². The molecule has 7 nitrogen and oxygen atoms in total. The van der Waals surface area contributed by atoms with E-state index in [9.17, 15) is 4.79 Å². The molecule has 4 aromatic rings. The van der Waals surface area contributed by atoms with E-state index >= 15 is 0 Å². The maximum atomic E-state index is 12.0. The molecular formula is C23H20N4O3S3. The molecule has 0 spiro atoms. The number of hydrazone groups is 1. The fraction of sp³-hybridized carbons (Fsp3) is 0.174. The number of rotatable bonds is 8. The minimum Gasteiger partial charge on any atom is -0.484 e. The number of H-pyrrole nitrogens is 1. The number of amides is 1. The maximum Gasteiger partial charge on any atom is 0.277 e. The minimum atomic E-state index is -0.347. The van der Waals surface area contributed by atoms with Crippen molar-refractivity contribution in [2.45, 2.75) is 14.8 Å². The van der Waals surface area contributed by atoms with E-state index in [1.807, 2.05) is 66.0 Å². The van der Waals surface area contributed by atoms with Crippen LogP contribution in [0.15, 0.2) is 80.4 Å². The van der Waals surface area contributed by atoms with Gasteiger partial charge in [0.05, 0.1) is 21.8 Å². The quantitative estimate of drug-likeness (QED) is 0.252. The summed E-state index contributed by atoms with van der Waals surface area (Å²) in [6.45, 7) is -0.116. The molecular weight excluding hydrogens is 476 g/mol. The minimum absolute atomic E-state index is 0.116. The zero-order valence-electron chi connectivity index (χ0n) is 17.4. The largest absolute Gasteiger partial charge is 0.484 e. The number of benzene rings is 2. The van der Waals surface area contributed by atoms with Crippen LogP contribution in [-0.4, -0.2) is 40.2 Å². The number of aromatic amines is 1. The highest BCUT2D eigenvalue weighted by molar-refractivity contribution is 8.19. The standard InChI is InChI=1S/C23H20N4O3S3/c28-20(14-29-16-7-5-15(6-8-16)22-31-11-12-32-22)27-24-13-17-9-10-21(30-17)33-23-25-18-3-1-2-4-19(18)26-23/h1-10,13,22H,11-12,14H2,(H,25,26)(H,27,28)/b24-13-. The molecule has 33 heavy (non-hydrogen) atoms. The molecule has 3 heterocycles. The van der Waals surface area contributed by atoms with Crippen LogP contribution in [-0.2, 0) is 4.79 Å². The van der Waals surface area contributed by atoms with Gasteiger partial charge in [0.25, 0.3) is 5.91 Å². The van der Waals surface area contributed by atoms with Crippen LogP contribution in [0.3, 0.4) is 0 Å². The predicted molar refractivity (Wildman–Crippen MR) is 134 cm³/mol. The topological polar surface area (TPSA) is 92.5 Å². The van der Waals surface area contributed by atoms with Crippen LogP contribution in [0.25, 0.3) is 11.0 Å². The Morgan fingerprint density at radius 1 is 1.18 bits per heavy atom. The van der Waals surface area contributed by atoms with Gasteiger partial charge >= 0.3 is 0 Å². The number of hydrogen-bond donors (Lipinski definition) is 2. The molecule has 2 aromatic carbocycles. The second kappa shape index (κ2) is 10.4. The summed E-state index contributed by atoms with van der Waals surface area (Å²) in [6.07, 6.45) is 1.45. The van der Waals surface area contributed by atoms with Gasteiger partial charge < -0.3 is 14.1 Å². The van der Waals surface area contributed by atoms with Crippen LogP contribution in [0.5, 0.6) is 5.75 Å². The summed E-state index contributed by atoms with van der Waals surface area (Å²) >= 11 is 5.30. The van der Waals surface area contributed by atoms with Crippen LogP contribution >= 0.6 is 35.3 Å². The number of imidazole rings is 1. The lowest BCUT2D eigenvalue weighted by Crippen LogP contribution is -2.24. The lowest BCUT2D eigenvalue weighted by Gasteiger charge is -2.09. The van der Waals surface area contributed by atoms with E-state index in [-0.39, 0.29) is 12.5 Å². The Balaban J connectivity index is 1.08. The van der Waals surface area contributed by atoms with E-state index in [4.69, 9.17) is 9.15 Å². The molecule has 2 aromatic heterocycles. The smallest absolute Gasteiger partial charge is 0.277 e. The third-order valence-electron chi connectivity index (χ3n) is 4.69.